The van der Waals surface area contributed by atoms with Crippen molar-refractivity contribution in [1.82, 2.24) is 15.2 Å². The topological polar surface area (TPSA) is 226 Å². The molecule has 424 valence electrons. The Balaban J connectivity index is 1.38. The van der Waals surface area contributed by atoms with Crippen LogP contribution < -0.4 is 5.32 Å². The van der Waals surface area contributed by atoms with Crippen LogP contribution in [-0.4, -0.2) is 151 Å². The molecular weight excluding hydrogens is 975 g/mol. The summed E-state index contributed by atoms with van der Waals surface area (Å²) < 4.78 is 36.2. The maximum Gasteiger partial charge on any atom is 0.329 e. The summed E-state index contributed by atoms with van der Waals surface area (Å²) in [6.45, 7) is 13.6. The lowest BCUT2D eigenvalue weighted by Gasteiger charge is -2.42. The number of amides is 2. The number of hydrogen-bond donors (Lipinski definition) is 3. The van der Waals surface area contributed by atoms with E-state index >= 15 is 0 Å². The minimum atomic E-state index is -2.44. The van der Waals surface area contributed by atoms with Crippen LogP contribution in [0.5, 0.6) is 0 Å². The Morgan fingerprint density at radius 1 is 0.895 bits per heavy atom. The zero-order valence-electron chi connectivity index (χ0n) is 46.9. The summed E-state index contributed by atoms with van der Waals surface area (Å²) in [5.41, 5.74) is 1.34. The van der Waals surface area contributed by atoms with Crippen LogP contribution in [0.2, 0.25) is 0 Å². The normalized spacial score (nSPS) is 36.5. The number of nitrogens with one attached hydrogen (secondary N) is 1. The molecule has 17 heteroatoms. The summed E-state index contributed by atoms with van der Waals surface area (Å²) in [5.74, 6) is -8.53. The Labute approximate surface area is 451 Å². The van der Waals surface area contributed by atoms with Crippen molar-refractivity contribution >= 4 is 35.1 Å². The van der Waals surface area contributed by atoms with Gasteiger partial charge in [0.2, 0.25) is 5.79 Å². The minimum absolute atomic E-state index is 0.0201. The van der Waals surface area contributed by atoms with Gasteiger partial charge in [-0.15, -0.1) is 0 Å². The summed E-state index contributed by atoms with van der Waals surface area (Å²) in [7, 11) is 4.62. The molecule has 1 unspecified atom stereocenters. The highest BCUT2D eigenvalue weighted by Gasteiger charge is 2.53. The summed E-state index contributed by atoms with van der Waals surface area (Å²) in [6, 6.07) is 2.23. The standard InChI is InChI=1S/C59H89N3O14/c1-36-17-12-11-13-18-37(2)49(71-8)33-45-23-21-42(7)59(70,76-45)55(66)57(68)62-27-15-14-20-46(62)58(69)75-50(34-47(63)38(3)30-41(6)53(65)54(73-10)52(64)40(5)29-36)39(4)31-43-22-24-48(51(32-43)72-9)74-28-26-61-56(67)44-19-16-25-60-35-44/h11-13,16-19,25,35-36,38-43,45-46,48-51,53-54,65,70H,14-15,20-24,26-34H2,1-10H3,(H,61,67)/b13-11+,17-12-,37-18+/t36-,38-,39-,40-,41?,42-,43-,45+,46+,48-,49+,50+,51-,53-,54+,59-/m1/s1. The van der Waals surface area contributed by atoms with E-state index in [-0.39, 0.29) is 79.8 Å². The molecule has 2 amide bonds. The van der Waals surface area contributed by atoms with E-state index in [0.717, 1.165) is 12.0 Å². The van der Waals surface area contributed by atoms with E-state index in [9.17, 15) is 39.0 Å². The van der Waals surface area contributed by atoms with Crippen molar-refractivity contribution in [1.29, 1.82) is 0 Å². The second-order valence-corrected chi connectivity index (χ2v) is 22.4. The van der Waals surface area contributed by atoms with Gasteiger partial charge in [-0.25, -0.2) is 4.79 Å². The number of nitrogens with zero attached hydrogens (tertiary/aromatic N) is 2. The number of aliphatic hydroxyl groups is 2. The van der Waals surface area contributed by atoms with E-state index in [1.54, 1.807) is 53.3 Å². The molecule has 1 aliphatic carbocycles. The maximum atomic E-state index is 14.6. The lowest BCUT2D eigenvalue weighted by Crippen LogP contribution is -2.61. The predicted molar refractivity (Wildman–Crippen MR) is 285 cm³/mol. The molecule has 16 atom stereocenters. The van der Waals surface area contributed by atoms with Crippen LogP contribution in [0, 0.1) is 41.4 Å². The first kappa shape index (κ1) is 62.4. The number of ketones is 3. The average Bonchev–Trinajstić information content (AvgIpc) is 3.43. The number of rotatable bonds is 11. The highest BCUT2D eigenvalue weighted by atomic mass is 16.6. The van der Waals surface area contributed by atoms with Gasteiger partial charge in [0.05, 0.1) is 42.7 Å². The number of carbonyl (C=O) groups is 6. The highest BCUT2D eigenvalue weighted by Crippen LogP contribution is 2.38. The van der Waals surface area contributed by atoms with Crippen molar-refractivity contribution in [2.24, 2.45) is 41.4 Å². The monoisotopic (exact) mass is 1060 g/mol. The molecule has 1 aromatic heterocycles. The number of methoxy groups -OCH3 is 3. The van der Waals surface area contributed by atoms with Crippen molar-refractivity contribution in [2.75, 3.05) is 41.0 Å². The van der Waals surface area contributed by atoms with E-state index in [4.69, 9.17) is 28.4 Å². The summed E-state index contributed by atoms with van der Waals surface area (Å²) in [6.07, 6.45) is 13.7. The minimum Gasteiger partial charge on any atom is -0.460 e. The molecule has 4 aliphatic rings. The fourth-order valence-corrected chi connectivity index (χ4v) is 11.6. The Morgan fingerprint density at radius 3 is 2.36 bits per heavy atom. The molecule has 1 aromatic rings. The van der Waals surface area contributed by atoms with Crippen LogP contribution in [-0.2, 0) is 52.4 Å². The van der Waals surface area contributed by atoms with Gasteiger partial charge in [0.15, 0.2) is 5.78 Å². The third-order valence-corrected chi connectivity index (χ3v) is 16.5. The molecule has 3 aliphatic heterocycles. The number of piperidine rings is 1. The number of esters is 1. The van der Waals surface area contributed by atoms with Crippen molar-refractivity contribution < 1.29 is 67.4 Å². The summed E-state index contributed by atoms with van der Waals surface area (Å²) in [4.78, 5) is 89.3. The fraction of sp³-hybridized carbons (Fsp3) is 0.712. The number of pyridine rings is 1. The lowest BCUT2D eigenvalue weighted by atomic mass is 9.78. The quantitative estimate of drug-likeness (QED) is 0.114. The molecule has 0 aromatic carbocycles. The Morgan fingerprint density at radius 2 is 1.66 bits per heavy atom. The van der Waals surface area contributed by atoms with Crippen LogP contribution in [0.25, 0.3) is 0 Å². The molecule has 76 heavy (non-hydrogen) atoms. The fourth-order valence-electron chi connectivity index (χ4n) is 11.6. The Kier molecular flexibility index (Phi) is 24.6. The van der Waals surface area contributed by atoms with Crippen LogP contribution in [0.4, 0.5) is 0 Å². The van der Waals surface area contributed by atoms with Gasteiger partial charge in [0.1, 0.15) is 24.0 Å². The molecule has 0 spiro atoms. The van der Waals surface area contributed by atoms with Crippen LogP contribution in [0.1, 0.15) is 142 Å². The highest BCUT2D eigenvalue weighted by molar-refractivity contribution is 6.39. The number of fused-ring (bicyclic) bond motifs is 3. The number of Topliss-reactive ketones (excluding diaryl/α,β-unsaturated/α-hetero) is 3. The lowest BCUT2D eigenvalue weighted by molar-refractivity contribution is -0.265. The van der Waals surface area contributed by atoms with E-state index in [1.807, 2.05) is 58.1 Å². The van der Waals surface area contributed by atoms with E-state index in [0.29, 0.717) is 69.9 Å². The zero-order chi connectivity index (χ0) is 55.7. The van der Waals surface area contributed by atoms with Crippen LogP contribution in [0.15, 0.2) is 60.5 Å². The molecule has 1 saturated carbocycles. The van der Waals surface area contributed by atoms with Gasteiger partial charge < -0.3 is 48.9 Å². The first-order chi connectivity index (χ1) is 36.2. The molecule has 3 N–H and O–H groups in total. The van der Waals surface area contributed by atoms with Crippen molar-refractivity contribution in [2.45, 2.75) is 186 Å². The van der Waals surface area contributed by atoms with Crippen molar-refractivity contribution in [3.05, 3.63) is 66.0 Å². The molecule has 4 heterocycles. The maximum absolute atomic E-state index is 14.6. The number of hydrogen-bond acceptors (Lipinski definition) is 15. The summed E-state index contributed by atoms with van der Waals surface area (Å²) >= 11 is 0. The van der Waals surface area contributed by atoms with Crippen LogP contribution in [0.3, 0.4) is 0 Å². The van der Waals surface area contributed by atoms with E-state index in [2.05, 4.69) is 10.3 Å². The smallest absolute Gasteiger partial charge is 0.329 e. The third kappa shape index (κ3) is 17.0. The van der Waals surface area contributed by atoms with Gasteiger partial charge >= 0.3 is 5.97 Å². The number of cyclic esters (lactones) is 1. The Hall–Kier alpha value is -4.49. The molecule has 17 nitrogen and oxygen atoms in total. The van der Waals surface area contributed by atoms with Gasteiger partial charge in [0.25, 0.3) is 17.6 Å². The van der Waals surface area contributed by atoms with Gasteiger partial charge in [-0.05, 0) is 119 Å². The predicted octanol–water partition coefficient (Wildman–Crippen LogP) is 7.11. The molecule has 3 fully saturated rings. The van der Waals surface area contributed by atoms with Crippen molar-refractivity contribution in [3.8, 4) is 0 Å². The SMILES string of the molecule is CO[C@H]1C[C@@H]2CC[C@@H](C)[C@@](O)(O2)C(=O)C(=O)N2CCCC[C@H]2C(=O)O[C@H]([C@H](C)C[C@H]2CC[C@@H](OCCNC(=O)c3cccnc3)[C@H](OC)C2)CC(=O)[C@H](C)CC(C)[C@@H](O)[C@@H](OC)C(=O)[C@H](C)C[C@H](C)\C=C/C=C/C=C/1C. The number of allylic oxidation sites excluding steroid dienone is 5. The largest absolute Gasteiger partial charge is 0.460 e. The Bertz CT molecular complexity index is 2170. The van der Waals surface area contributed by atoms with Gasteiger partial charge in [-0.3, -0.25) is 29.0 Å². The molecule has 2 bridgehead atoms. The molecular formula is C59H89N3O14. The van der Waals surface area contributed by atoms with E-state index < -0.39 is 83.7 Å². The summed E-state index contributed by atoms with van der Waals surface area (Å²) in [5, 5.41) is 26.5. The number of ether oxygens (including phenoxy) is 6. The molecule has 0 radical (unpaired) electrons. The number of aliphatic hydroxyl groups excluding tert-OH is 1. The number of aromatic nitrogens is 1. The third-order valence-electron chi connectivity index (χ3n) is 16.5. The van der Waals surface area contributed by atoms with Gasteiger partial charge in [-0.1, -0.05) is 71.9 Å². The second-order valence-electron chi connectivity index (χ2n) is 22.4. The first-order valence-corrected chi connectivity index (χ1v) is 27.8. The van der Waals surface area contributed by atoms with Gasteiger partial charge in [-0.2, -0.15) is 0 Å². The molecule has 2 saturated heterocycles. The second kappa shape index (κ2) is 30.0. The van der Waals surface area contributed by atoms with Crippen molar-refractivity contribution in [3.63, 3.8) is 0 Å². The van der Waals surface area contributed by atoms with Crippen LogP contribution >= 0.6 is 0 Å². The number of carbonyl (C=O) groups excluding carboxylic acids is 6. The van der Waals surface area contributed by atoms with Gasteiger partial charge in [0, 0.05) is 77.4 Å². The average molecular weight is 1060 g/mol. The molecule has 5 rings (SSSR count). The first-order valence-electron chi connectivity index (χ1n) is 27.8. The van der Waals surface area contributed by atoms with E-state index in [1.165, 1.54) is 18.2 Å². The zero-order valence-corrected chi connectivity index (χ0v) is 46.9.